The first-order chi connectivity index (χ1) is 6.92. The Kier molecular flexibility index (Phi) is 3.30. The van der Waals surface area contributed by atoms with Crippen LogP contribution in [0.2, 0.25) is 0 Å². The van der Waals surface area contributed by atoms with E-state index >= 15 is 0 Å². The Labute approximate surface area is 86.5 Å². The van der Waals surface area contributed by atoms with Crippen molar-refractivity contribution in [3.63, 3.8) is 0 Å². The number of nitrogens with zero attached hydrogens (tertiary/aromatic N) is 1. The lowest BCUT2D eigenvalue weighted by molar-refractivity contribution is 0.364. The van der Waals surface area contributed by atoms with Crippen molar-refractivity contribution in [3.05, 3.63) is 11.9 Å². The van der Waals surface area contributed by atoms with Crippen molar-refractivity contribution in [2.24, 2.45) is 0 Å². The number of hydrogen-bond donors (Lipinski definition) is 2. The summed E-state index contributed by atoms with van der Waals surface area (Å²) in [6.45, 7) is 5.55. The molecule has 0 aromatic carbocycles. The van der Waals surface area contributed by atoms with E-state index in [2.05, 4.69) is 28.7 Å². The topological polar surface area (TPSA) is 27.3 Å². The van der Waals surface area contributed by atoms with Crippen molar-refractivity contribution in [3.8, 4) is 0 Å². The van der Waals surface area contributed by atoms with Crippen LogP contribution in [0.25, 0.3) is 0 Å². The zero-order valence-electron chi connectivity index (χ0n) is 9.05. The number of hydrogen-bond acceptors (Lipinski definition) is 3. The first kappa shape index (κ1) is 9.84. The van der Waals surface area contributed by atoms with Crippen LogP contribution in [0, 0.1) is 0 Å². The third-order valence-corrected chi connectivity index (χ3v) is 3.12. The molecule has 0 aliphatic carbocycles. The fourth-order valence-electron chi connectivity index (χ4n) is 2.26. The maximum absolute atomic E-state index is 3.58. The molecule has 14 heavy (non-hydrogen) atoms. The maximum Gasteiger partial charge on any atom is 0.0686 e. The van der Waals surface area contributed by atoms with Crippen LogP contribution in [-0.4, -0.2) is 30.7 Å². The van der Waals surface area contributed by atoms with E-state index in [9.17, 15) is 0 Å². The molecule has 2 aliphatic rings. The second-order valence-corrected chi connectivity index (χ2v) is 4.20. The van der Waals surface area contributed by atoms with E-state index < -0.39 is 0 Å². The SMILES string of the molecule is CCCCCC1NCN2CCNC=C12. The largest absolute Gasteiger partial charge is 0.388 e. The molecule has 2 rings (SSSR count). The van der Waals surface area contributed by atoms with Crippen LogP contribution in [0.3, 0.4) is 0 Å². The molecular weight excluding hydrogens is 174 g/mol. The van der Waals surface area contributed by atoms with Gasteiger partial charge in [0.2, 0.25) is 0 Å². The zero-order valence-corrected chi connectivity index (χ0v) is 9.05. The van der Waals surface area contributed by atoms with Crippen molar-refractivity contribution in [1.29, 1.82) is 0 Å². The van der Waals surface area contributed by atoms with Gasteiger partial charge < -0.3 is 10.2 Å². The van der Waals surface area contributed by atoms with Gasteiger partial charge in [0, 0.05) is 25.0 Å². The highest BCUT2D eigenvalue weighted by Gasteiger charge is 2.27. The Bertz CT molecular complexity index is 213. The fourth-order valence-corrected chi connectivity index (χ4v) is 2.26. The summed E-state index contributed by atoms with van der Waals surface area (Å²) >= 11 is 0. The van der Waals surface area contributed by atoms with Gasteiger partial charge in [-0.2, -0.15) is 0 Å². The third kappa shape index (κ3) is 2.03. The van der Waals surface area contributed by atoms with Crippen LogP contribution in [0.15, 0.2) is 11.9 Å². The molecule has 3 nitrogen and oxygen atoms in total. The van der Waals surface area contributed by atoms with Crippen LogP contribution in [0.1, 0.15) is 32.6 Å². The molecule has 0 aromatic heterocycles. The lowest BCUT2D eigenvalue weighted by atomic mass is 10.1. The molecule has 0 saturated carbocycles. The van der Waals surface area contributed by atoms with Gasteiger partial charge in [0.25, 0.3) is 0 Å². The molecule has 1 unspecified atom stereocenters. The van der Waals surface area contributed by atoms with Gasteiger partial charge in [0.05, 0.1) is 12.7 Å². The summed E-state index contributed by atoms with van der Waals surface area (Å²) < 4.78 is 0. The van der Waals surface area contributed by atoms with Crippen LogP contribution in [0.5, 0.6) is 0 Å². The molecule has 2 heterocycles. The highest BCUT2D eigenvalue weighted by molar-refractivity contribution is 5.15. The molecule has 80 valence electrons. The molecular formula is C11H21N3. The molecule has 2 aliphatic heterocycles. The van der Waals surface area contributed by atoms with Gasteiger partial charge in [-0.1, -0.05) is 26.2 Å². The Balaban J connectivity index is 1.84. The maximum atomic E-state index is 3.58. The summed E-state index contributed by atoms with van der Waals surface area (Å²) in [7, 11) is 0. The van der Waals surface area contributed by atoms with Gasteiger partial charge in [-0.3, -0.25) is 5.32 Å². The normalized spacial score (nSPS) is 25.6. The molecule has 0 bridgehead atoms. The number of unbranched alkanes of at least 4 members (excludes halogenated alkanes) is 2. The van der Waals surface area contributed by atoms with Gasteiger partial charge >= 0.3 is 0 Å². The van der Waals surface area contributed by atoms with Crippen LogP contribution >= 0.6 is 0 Å². The van der Waals surface area contributed by atoms with Crippen molar-refractivity contribution in [1.82, 2.24) is 15.5 Å². The third-order valence-electron chi connectivity index (χ3n) is 3.12. The number of fused-ring (bicyclic) bond motifs is 1. The monoisotopic (exact) mass is 195 g/mol. The molecule has 0 spiro atoms. The first-order valence-corrected chi connectivity index (χ1v) is 5.83. The predicted molar refractivity (Wildman–Crippen MR) is 58.7 cm³/mol. The molecule has 0 radical (unpaired) electrons. The Morgan fingerprint density at radius 2 is 2.43 bits per heavy atom. The van der Waals surface area contributed by atoms with Gasteiger partial charge in [-0.05, 0) is 6.42 Å². The average molecular weight is 195 g/mol. The molecule has 0 aromatic rings. The summed E-state index contributed by atoms with van der Waals surface area (Å²) in [4.78, 5) is 2.45. The Hall–Kier alpha value is -0.700. The van der Waals surface area contributed by atoms with Crippen molar-refractivity contribution < 1.29 is 0 Å². The predicted octanol–water partition coefficient (Wildman–Crippen LogP) is 1.24. The Morgan fingerprint density at radius 3 is 3.29 bits per heavy atom. The molecule has 1 atom stereocenters. The Morgan fingerprint density at radius 1 is 1.50 bits per heavy atom. The quantitative estimate of drug-likeness (QED) is 0.661. The summed E-state index contributed by atoms with van der Waals surface area (Å²) in [5, 5.41) is 6.91. The van der Waals surface area contributed by atoms with Gasteiger partial charge in [0.1, 0.15) is 0 Å². The highest BCUT2D eigenvalue weighted by atomic mass is 15.3. The minimum Gasteiger partial charge on any atom is -0.388 e. The van der Waals surface area contributed by atoms with Gasteiger partial charge in [-0.25, -0.2) is 0 Å². The molecule has 1 fully saturated rings. The number of nitrogens with one attached hydrogen (secondary N) is 2. The average Bonchev–Trinajstić information content (AvgIpc) is 2.63. The van der Waals surface area contributed by atoms with Crippen molar-refractivity contribution in [2.45, 2.75) is 38.6 Å². The van der Waals surface area contributed by atoms with Crippen LogP contribution < -0.4 is 10.6 Å². The molecule has 2 N–H and O–H groups in total. The van der Waals surface area contributed by atoms with E-state index in [4.69, 9.17) is 0 Å². The standard InChI is InChI=1S/C11H21N3/c1-2-3-4-5-10-11-8-12-6-7-14(11)9-13-10/h8,10,12-13H,2-7,9H2,1H3. The fraction of sp³-hybridized carbons (Fsp3) is 0.818. The van der Waals surface area contributed by atoms with Crippen LogP contribution in [-0.2, 0) is 0 Å². The van der Waals surface area contributed by atoms with E-state index in [1.54, 1.807) is 0 Å². The second kappa shape index (κ2) is 4.69. The van der Waals surface area contributed by atoms with Crippen molar-refractivity contribution in [2.75, 3.05) is 19.8 Å². The lowest BCUT2D eigenvalue weighted by Gasteiger charge is -2.25. The van der Waals surface area contributed by atoms with E-state index in [-0.39, 0.29) is 0 Å². The van der Waals surface area contributed by atoms with E-state index in [1.165, 1.54) is 31.4 Å². The summed E-state index contributed by atoms with van der Waals surface area (Å²) in [6, 6.07) is 0.606. The molecule has 1 saturated heterocycles. The first-order valence-electron chi connectivity index (χ1n) is 5.83. The molecule has 3 heteroatoms. The minimum absolute atomic E-state index is 0.606. The van der Waals surface area contributed by atoms with E-state index in [1.807, 2.05) is 0 Å². The molecule has 0 amide bonds. The smallest absolute Gasteiger partial charge is 0.0686 e. The van der Waals surface area contributed by atoms with Crippen molar-refractivity contribution >= 4 is 0 Å². The second-order valence-electron chi connectivity index (χ2n) is 4.20. The minimum atomic E-state index is 0.606. The lowest BCUT2D eigenvalue weighted by Crippen LogP contribution is -2.34. The number of rotatable bonds is 4. The summed E-state index contributed by atoms with van der Waals surface area (Å²) in [6.07, 6.45) is 7.50. The zero-order chi connectivity index (χ0) is 9.80. The van der Waals surface area contributed by atoms with Gasteiger partial charge in [0.15, 0.2) is 0 Å². The summed E-state index contributed by atoms with van der Waals surface area (Å²) in [5.41, 5.74) is 1.48. The van der Waals surface area contributed by atoms with E-state index in [0.717, 1.165) is 19.8 Å². The highest BCUT2D eigenvalue weighted by Crippen LogP contribution is 2.21. The van der Waals surface area contributed by atoms with E-state index in [0.29, 0.717) is 6.04 Å². The van der Waals surface area contributed by atoms with Crippen LogP contribution in [0.4, 0.5) is 0 Å². The summed E-state index contributed by atoms with van der Waals surface area (Å²) in [5.74, 6) is 0. The van der Waals surface area contributed by atoms with Gasteiger partial charge in [-0.15, -0.1) is 0 Å².